The maximum Gasteiger partial charge on any atom is 0.161 e. The molecule has 0 atom stereocenters. The van der Waals surface area contributed by atoms with Gasteiger partial charge in [0.2, 0.25) is 0 Å². The highest BCUT2D eigenvalue weighted by Gasteiger charge is 2.33. The van der Waals surface area contributed by atoms with E-state index in [-0.39, 0.29) is 5.78 Å². The number of nitrogens with zero attached hydrogens (tertiary/aromatic N) is 6. The highest BCUT2D eigenvalue weighted by molar-refractivity contribution is 5.93. The predicted molar refractivity (Wildman–Crippen MR) is 104 cm³/mol. The van der Waals surface area contributed by atoms with Gasteiger partial charge in [0.15, 0.2) is 5.78 Å². The third kappa shape index (κ3) is 3.88. The van der Waals surface area contributed by atoms with Gasteiger partial charge in [-0.1, -0.05) is 0 Å². The van der Waals surface area contributed by atoms with Crippen molar-refractivity contribution in [2.24, 2.45) is 0 Å². The first-order chi connectivity index (χ1) is 13.0. The summed E-state index contributed by atoms with van der Waals surface area (Å²) in [5.74, 6) is 3.74. The number of rotatable bonds is 6. The molecule has 0 spiro atoms. The average molecular weight is 368 g/mol. The molecule has 2 aliphatic rings. The molecule has 7 nitrogen and oxygen atoms in total. The minimum atomic E-state index is 0.0562. The molecular formula is C20H28N6O. The molecule has 2 fully saturated rings. The quantitative estimate of drug-likeness (QED) is 0.730. The van der Waals surface area contributed by atoms with Crippen molar-refractivity contribution >= 4 is 11.6 Å². The summed E-state index contributed by atoms with van der Waals surface area (Å²) < 4.78 is 2.42. The van der Waals surface area contributed by atoms with E-state index in [9.17, 15) is 4.79 Å². The minimum absolute atomic E-state index is 0.0562. The van der Waals surface area contributed by atoms with Crippen LogP contribution in [0.5, 0.6) is 0 Å². The Labute approximate surface area is 160 Å². The van der Waals surface area contributed by atoms with E-state index < -0.39 is 0 Å². The first kappa shape index (κ1) is 18.1. The van der Waals surface area contributed by atoms with E-state index >= 15 is 0 Å². The van der Waals surface area contributed by atoms with E-state index in [4.69, 9.17) is 0 Å². The topological polar surface area (TPSA) is 67.2 Å². The maximum atomic E-state index is 11.4. The number of Topliss-reactive ketones (excluding diaryl/α,β-unsaturated/α-hetero) is 1. The van der Waals surface area contributed by atoms with Crippen LogP contribution in [0.3, 0.4) is 0 Å². The molecule has 27 heavy (non-hydrogen) atoms. The van der Waals surface area contributed by atoms with E-state index in [0.717, 1.165) is 44.1 Å². The summed E-state index contributed by atoms with van der Waals surface area (Å²) in [7, 11) is 4.16. The molecule has 1 aliphatic heterocycles. The van der Waals surface area contributed by atoms with Gasteiger partial charge in [-0.05, 0) is 58.8 Å². The summed E-state index contributed by atoms with van der Waals surface area (Å²) in [4.78, 5) is 20.4. The number of ketones is 1. The lowest BCUT2D eigenvalue weighted by atomic mass is 9.95. The molecule has 0 unspecified atom stereocenters. The largest absolute Gasteiger partial charge is 0.357 e. The van der Waals surface area contributed by atoms with Gasteiger partial charge in [0, 0.05) is 36.8 Å². The van der Waals surface area contributed by atoms with Crippen LogP contribution >= 0.6 is 0 Å². The number of aromatic nitrogens is 4. The lowest BCUT2D eigenvalue weighted by molar-refractivity contribution is 0.101. The summed E-state index contributed by atoms with van der Waals surface area (Å²) in [6, 6.07) is 4.43. The van der Waals surface area contributed by atoms with Gasteiger partial charge in [-0.25, -0.2) is 4.98 Å². The monoisotopic (exact) mass is 368 g/mol. The standard InChI is InChI=1S/C20H28N6O/c1-14(27)16-4-7-18(21-12-16)25-10-8-15(9-11-25)20-23-22-19(13-24(2)3)26(20)17-5-6-17/h4,7,12,15,17H,5-6,8-11,13H2,1-3H3. The Morgan fingerprint density at radius 3 is 2.44 bits per heavy atom. The molecular weight excluding hydrogens is 340 g/mol. The summed E-state index contributed by atoms with van der Waals surface area (Å²) in [6.07, 6.45) is 6.29. The van der Waals surface area contributed by atoms with Crippen molar-refractivity contribution < 1.29 is 4.79 Å². The number of pyridine rings is 1. The van der Waals surface area contributed by atoms with Crippen molar-refractivity contribution in [3.63, 3.8) is 0 Å². The average Bonchev–Trinajstić information content (AvgIpc) is 3.42. The molecule has 2 aromatic rings. The van der Waals surface area contributed by atoms with Crippen molar-refractivity contribution in [1.82, 2.24) is 24.6 Å². The number of piperidine rings is 1. The van der Waals surface area contributed by atoms with Crippen LogP contribution in [0.2, 0.25) is 0 Å². The molecule has 144 valence electrons. The van der Waals surface area contributed by atoms with Gasteiger partial charge >= 0.3 is 0 Å². The van der Waals surface area contributed by atoms with Crippen molar-refractivity contribution in [2.75, 3.05) is 32.1 Å². The molecule has 0 radical (unpaired) electrons. The summed E-state index contributed by atoms with van der Waals surface area (Å²) in [6.45, 7) is 4.33. The van der Waals surface area contributed by atoms with Crippen LogP contribution in [0.25, 0.3) is 0 Å². The van der Waals surface area contributed by atoms with E-state index in [1.807, 2.05) is 12.1 Å². The summed E-state index contributed by atoms with van der Waals surface area (Å²) in [5, 5.41) is 9.11. The fraction of sp³-hybridized carbons (Fsp3) is 0.600. The zero-order chi connectivity index (χ0) is 19.0. The van der Waals surface area contributed by atoms with Gasteiger partial charge in [0.1, 0.15) is 17.5 Å². The number of hydrogen-bond donors (Lipinski definition) is 0. The summed E-state index contributed by atoms with van der Waals surface area (Å²) in [5.41, 5.74) is 0.666. The SMILES string of the molecule is CC(=O)c1ccc(N2CCC(c3nnc(CN(C)C)n3C3CC3)CC2)nc1. The zero-order valence-corrected chi connectivity index (χ0v) is 16.4. The van der Waals surface area contributed by atoms with E-state index in [2.05, 4.69) is 43.6 Å². The molecule has 1 saturated heterocycles. The Bertz CT molecular complexity index is 800. The van der Waals surface area contributed by atoms with Gasteiger partial charge in [0.25, 0.3) is 0 Å². The molecule has 2 aromatic heterocycles. The Kier molecular flexibility index (Phi) is 4.95. The predicted octanol–water partition coefficient (Wildman–Crippen LogP) is 2.66. The van der Waals surface area contributed by atoms with E-state index in [1.165, 1.54) is 18.7 Å². The highest BCUT2D eigenvalue weighted by atomic mass is 16.1. The molecule has 0 aromatic carbocycles. The van der Waals surface area contributed by atoms with Crippen LogP contribution in [0.4, 0.5) is 5.82 Å². The lowest BCUT2D eigenvalue weighted by Crippen LogP contribution is -2.34. The van der Waals surface area contributed by atoms with Gasteiger partial charge < -0.3 is 14.4 Å². The highest BCUT2D eigenvalue weighted by Crippen LogP contribution is 2.40. The molecule has 0 bridgehead atoms. The number of carbonyl (C=O) groups excluding carboxylic acids is 1. The van der Waals surface area contributed by atoms with Crippen molar-refractivity contribution in [3.8, 4) is 0 Å². The first-order valence-electron chi connectivity index (χ1n) is 9.83. The normalized spacial score (nSPS) is 18.3. The molecule has 0 N–H and O–H groups in total. The Hall–Kier alpha value is -2.28. The second-order valence-corrected chi connectivity index (χ2v) is 8.04. The molecule has 1 aliphatic carbocycles. The van der Waals surface area contributed by atoms with E-state index in [1.54, 1.807) is 13.1 Å². The molecule has 0 amide bonds. The Morgan fingerprint density at radius 2 is 1.89 bits per heavy atom. The molecule has 4 rings (SSSR count). The summed E-state index contributed by atoms with van der Waals surface area (Å²) >= 11 is 0. The van der Waals surface area contributed by atoms with Gasteiger partial charge in [-0.3, -0.25) is 4.79 Å². The smallest absolute Gasteiger partial charge is 0.161 e. The second kappa shape index (κ2) is 7.38. The molecule has 1 saturated carbocycles. The Morgan fingerprint density at radius 1 is 1.15 bits per heavy atom. The fourth-order valence-corrected chi connectivity index (χ4v) is 3.89. The minimum Gasteiger partial charge on any atom is -0.357 e. The van der Waals surface area contributed by atoms with Crippen molar-refractivity contribution in [1.29, 1.82) is 0 Å². The van der Waals surface area contributed by atoms with Crippen molar-refractivity contribution in [2.45, 2.75) is 51.1 Å². The van der Waals surface area contributed by atoms with Gasteiger partial charge in [-0.2, -0.15) is 0 Å². The molecule has 7 heteroatoms. The number of hydrogen-bond acceptors (Lipinski definition) is 6. The van der Waals surface area contributed by atoms with Crippen LogP contribution in [0, 0.1) is 0 Å². The maximum absolute atomic E-state index is 11.4. The van der Waals surface area contributed by atoms with Crippen LogP contribution in [-0.2, 0) is 6.54 Å². The Balaban J connectivity index is 1.45. The second-order valence-electron chi connectivity index (χ2n) is 8.04. The van der Waals surface area contributed by atoms with Crippen LogP contribution in [-0.4, -0.2) is 57.6 Å². The molecule has 3 heterocycles. The van der Waals surface area contributed by atoms with Gasteiger partial charge in [-0.15, -0.1) is 10.2 Å². The first-order valence-corrected chi connectivity index (χ1v) is 9.83. The van der Waals surface area contributed by atoms with E-state index in [0.29, 0.717) is 17.5 Å². The third-order valence-electron chi connectivity index (χ3n) is 5.50. The fourth-order valence-electron chi connectivity index (χ4n) is 3.89. The number of carbonyl (C=O) groups is 1. The number of anilines is 1. The van der Waals surface area contributed by atoms with Crippen LogP contribution in [0.1, 0.15) is 66.6 Å². The van der Waals surface area contributed by atoms with Crippen LogP contribution in [0.15, 0.2) is 18.3 Å². The van der Waals surface area contributed by atoms with Crippen LogP contribution < -0.4 is 4.90 Å². The van der Waals surface area contributed by atoms with Gasteiger partial charge in [0.05, 0.1) is 6.54 Å². The lowest BCUT2D eigenvalue weighted by Gasteiger charge is -2.32. The van der Waals surface area contributed by atoms with Crippen molar-refractivity contribution in [3.05, 3.63) is 35.5 Å². The third-order valence-corrected chi connectivity index (χ3v) is 5.50. The zero-order valence-electron chi connectivity index (χ0n) is 16.4.